The summed E-state index contributed by atoms with van der Waals surface area (Å²) in [5.41, 5.74) is 0.802. The number of amides is 1. The van der Waals surface area contributed by atoms with Crippen molar-refractivity contribution in [2.24, 2.45) is 5.92 Å². The number of likely N-dealkylation sites (tertiary alicyclic amines) is 1. The van der Waals surface area contributed by atoms with Gasteiger partial charge in [-0.3, -0.25) is 9.59 Å². The molecule has 2 aromatic rings. The molecule has 1 aliphatic heterocycles. The van der Waals surface area contributed by atoms with Gasteiger partial charge in [-0.25, -0.2) is 8.42 Å². The van der Waals surface area contributed by atoms with Crippen LogP contribution >= 0.6 is 0 Å². The average Bonchev–Trinajstić information content (AvgIpc) is 2.80. The smallest absolute Gasteiger partial charge is 0.309 e. The lowest BCUT2D eigenvalue weighted by molar-refractivity contribution is -0.151. The molecule has 1 saturated heterocycles. The molecule has 1 amide bonds. The number of benzene rings is 2. The number of hydrogen-bond acceptors (Lipinski definition) is 5. The van der Waals surface area contributed by atoms with Crippen LogP contribution in [0.5, 0.6) is 0 Å². The summed E-state index contributed by atoms with van der Waals surface area (Å²) in [7, 11) is -3.85. The summed E-state index contributed by atoms with van der Waals surface area (Å²) in [4.78, 5) is 26.7. The molecule has 8 heteroatoms. The lowest BCUT2D eigenvalue weighted by Gasteiger charge is -2.32. The molecule has 1 aliphatic rings. The van der Waals surface area contributed by atoms with Gasteiger partial charge >= 0.3 is 5.97 Å². The van der Waals surface area contributed by atoms with Gasteiger partial charge in [0.05, 0.1) is 24.0 Å². The summed E-state index contributed by atoms with van der Waals surface area (Å²) in [6.45, 7) is 2.77. The van der Waals surface area contributed by atoms with Gasteiger partial charge in [-0.2, -0.15) is 4.31 Å². The fourth-order valence-electron chi connectivity index (χ4n) is 3.63. The zero-order valence-electron chi connectivity index (χ0n) is 17.6. The first-order valence-corrected chi connectivity index (χ1v) is 11.9. The molecule has 0 aromatic heterocycles. The Morgan fingerprint density at radius 1 is 1.00 bits per heavy atom. The van der Waals surface area contributed by atoms with Crippen LogP contribution < -0.4 is 0 Å². The van der Waals surface area contributed by atoms with Crippen LogP contribution in [-0.4, -0.2) is 55.7 Å². The van der Waals surface area contributed by atoms with E-state index >= 15 is 0 Å². The van der Waals surface area contributed by atoms with Gasteiger partial charge < -0.3 is 9.64 Å². The van der Waals surface area contributed by atoms with E-state index in [-0.39, 0.29) is 35.8 Å². The van der Waals surface area contributed by atoms with E-state index < -0.39 is 10.0 Å². The number of hydrogen-bond donors (Lipinski definition) is 0. The maximum absolute atomic E-state index is 13.3. The van der Waals surface area contributed by atoms with Gasteiger partial charge in [0, 0.05) is 19.6 Å². The van der Waals surface area contributed by atoms with Crippen molar-refractivity contribution in [3.8, 4) is 0 Å². The highest BCUT2D eigenvalue weighted by atomic mass is 32.2. The number of nitrogens with zero attached hydrogens (tertiary/aromatic N) is 2. The van der Waals surface area contributed by atoms with E-state index in [9.17, 15) is 18.0 Å². The zero-order chi connectivity index (χ0) is 22.3. The van der Waals surface area contributed by atoms with Gasteiger partial charge in [-0.15, -0.1) is 0 Å². The van der Waals surface area contributed by atoms with Crippen LogP contribution in [0.2, 0.25) is 0 Å². The fourth-order valence-corrected chi connectivity index (χ4v) is 5.03. The first-order chi connectivity index (χ1) is 14.9. The zero-order valence-corrected chi connectivity index (χ0v) is 18.5. The van der Waals surface area contributed by atoms with Crippen LogP contribution in [0.25, 0.3) is 0 Å². The topological polar surface area (TPSA) is 84.0 Å². The minimum Gasteiger partial charge on any atom is -0.466 e. The number of piperidine rings is 1. The van der Waals surface area contributed by atoms with E-state index in [1.54, 1.807) is 30.0 Å². The predicted molar refractivity (Wildman–Crippen MR) is 116 cm³/mol. The van der Waals surface area contributed by atoms with Crippen molar-refractivity contribution < 1.29 is 22.7 Å². The van der Waals surface area contributed by atoms with Gasteiger partial charge in [-0.05, 0) is 37.5 Å². The van der Waals surface area contributed by atoms with Gasteiger partial charge in [0.25, 0.3) is 0 Å². The fraction of sp³-hybridized carbons (Fsp3) is 0.391. The molecule has 0 N–H and O–H groups in total. The minimum atomic E-state index is -3.85. The molecule has 0 saturated carbocycles. The highest BCUT2D eigenvalue weighted by Gasteiger charge is 2.32. The summed E-state index contributed by atoms with van der Waals surface area (Å²) < 4.78 is 32.8. The van der Waals surface area contributed by atoms with E-state index in [4.69, 9.17) is 4.74 Å². The molecule has 0 aliphatic carbocycles. The maximum Gasteiger partial charge on any atom is 0.309 e. The second-order valence-electron chi connectivity index (χ2n) is 7.48. The molecule has 7 nitrogen and oxygen atoms in total. The SMILES string of the molecule is CCOC(=O)C1CCN(C(=O)CN(Cc2ccccc2)S(=O)(=O)c2ccccc2)CC1. The Balaban J connectivity index is 1.73. The quantitative estimate of drug-likeness (QED) is 0.585. The van der Waals surface area contributed by atoms with Gasteiger partial charge in [-0.1, -0.05) is 48.5 Å². The van der Waals surface area contributed by atoms with Crippen molar-refractivity contribution in [3.05, 3.63) is 66.2 Å². The number of carbonyl (C=O) groups is 2. The van der Waals surface area contributed by atoms with Gasteiger partial charge in [0.15, 0.2) is 0 Å². The third kappa shape index (κ3) is 5.92. The van der Waals surface area contributed by atoms with Crippen molar-refractivity contribution in [1.29, 1.82) is 0 Å². The van der Waals surface area contributed by atoms with E-state index in [2.05, 4.69) is 0 Å². The molecule has 0 unspecified atom stereocenters. The van der Waals surface area contributed by atoms with Crippen molar-refractivity contribution in [2.45, 2.75) is 31.2 Å². The van der Waals surface area contributed by atoms with Crippen LogP contribution in [0.4, 0.5) is 0 Å². The lowest BCUT2D eigenvalue weighted by Crippen LogP contribution is -2.46. The second kappa shape index (κ2) is 10.5. The molecular formula is C23H28N2O5S. The number of esters is 1. The number of rotatable bonds is 8. The van der Waals surface area contributed by atoms with Crippen LogP contribution in [0.15, 0.2) is 65.6 Å². The predicted octanol–water partition coefficient (Wildman–Crippen LogP) is 2.68. The Morgan fingerprint density at radius 3 is 2.16 bits per heavy atom. The normalized spacial score (nSPS) is 15.1. The molecule has 2 aromatic carbocycles. The first kappa shape index (κ1) is 23.0. The van der Waals surface area contributed by atoms with Crippen LogP contribution in [-0.2, 0) is 30.9 Å². The summed E-state index contributed by atoms with van der Waals surface area (Å²) in [5.74, 6) is -0.706. The standard InChI is InChI=1S/C23H28N2O5S/c1-2-30-23(27)20-13-15-24(16-14-20)22(26)18-25(17-19-9-5-3-6-10-19)31(28,29)21-11-7-4-8-12-21/h3-12,20H,2,13-18H2,1H3. The van der Waals surface area contributed by atoms with Crippen molar-refractivity contribution in [1.82, 2.24) is 9.21 Å². The Morgan fingerprint density at radius 2 is 1.58 bits per heavy atom. The number of ether oxygens (including phenoxy) is 1. The van der Waals surface area contributed by atoms with Gasteiger partial charge in [0.1, 0.15) is 0 Å². The Bertz CT molecular complexity index is 972. The highest BCUT2D eigenvalue weighted by Crippen LogP contribution is 2.21. The van der Waals surface area contributed by atoms with Crippen molar-refractivity contribution >= 4 is 21.9 Å². The minimum absolute atomic E-state index is 0.100. The van der Waals surface area contributed by atoms with E-state index in [1.807, 2.05) is 30.3 Å². The summed E-state index contributed by atoms with van der Waals surface area (Å²) >= 11 is 0. The van der Waals surface area contributed by atoms with Crippen LogP contribution in [0.1, 0.15) is 25.3 Å². The molecule has 1 fully saturated rings. The summed E-state index contributed by atoms with van der Waals surface area (Å²) in [6, 6.07) is 17.3. The molecule has 0 atom stereocenters. The first-order valence-electron chi connectivity index (χ1n) is 10.5. The summed E-state index contributed by atoms with van der Waals surface area (Å²) in [5, 5.41) is 0. The third-order valence-electron chi connectivity index (χ3n) is 5.36. The monoisotopic (exact) mass is 444 g/mol. The molecule has 0 radical (unpaired) electrons. The molecule has 0 spiro atoms. The number of carbonyl (C=O) groups excluding carboxylic acids is 2. The molecule has 31 heavy (non-hydrogen) atoms. The Kier molecular flexibility index (Phi) is 7.81. The van der Waals surface area contributed by atoms with E-state index in [0.717, 1.165) is 5.56 Å². The number of sulfonamides is 1. The van der Waals surface area contributed by atoms with Crippen LogP contribution in [0.3, 0.4) is 0 Å². The molecule has 166 valence electrons. The lowest BCUT2D eigenvalue weighted by atomic mass is 9.97. The van der Waals surface area contributed by atoms with Gasteiger partial charge in [0.2, 0.25) is 15.9 Å². The van der Waals surface area contributed by atoms with Crippen molar-refractivity contribution in [3.63, 3.8) is 0 Å². The maximum atomic E-state index is 13.3. The summed E-state index contributed by atoms with van der Waals surface area (Å²) in [6.07, 6.45) is 1.05. The largest absolute Gasteiger partial charge is 0.466 e. The van der Waals surface area contributed by atoms with Crippen molar-refractivity contribution in [2.75, 3.05) is 26.2 Å². The molecule has 0 bridgehead atoms. The molecule has 3 rings (SSSR count). The second-order valence-corrected chi connectivity index (χ2v) is 9.42. The molecular weight excluding hydrogens is 416 g/mol. The highest BCUT2D eigenvalue weighted by molar-refractivity contribution is 7.89. The third-order valence-corrected chi connectivity index (χ3v) is 7.17. The Hall–Kier alpha value is -2.71. The molecule has 1 heterocycles. The van der Waals surface area contributed by atoms with E-state index in [0.29, 0.717) is 32.5 Å². The average molecular weight is 445 g/mol. The Labute approximate surface area is 183 Å². The van der Waals surface area contributed by atoms with Crippen LogP contribution in [0, 0.1) is 5.92 Å². The van der Waals surface area contributed by atoms with E-state index in [1.165, 1.54) is 16.4 Å².